The van der Waals surface area contributed by atoms with E-state index in [9.17, 15) is 0 Å². The molecule has 0 fully saturated rings. The van der Waals surface area contributed by atoms with Gasteiger partial charge in [0, 0.05) is 25.0 Å². The molecule has 3 aromatic heterocycles. The molecule has 27 heavy (non-hydrogen) atoms. The molecule has 0 unspecified atom stereocenters. The smallest absolute Gasteiger partial charge is 0.132 e. The maximum Gasteiger partial charge on any atom is 0.132 e. The molecule has 0 aromatic carbocycles. The Labute approximate surface area is 183 Å². The second-order valence-corrected chi connectivity index (χ2v) is 7.78. The van der Waals surface area contributed by atoms with Crippen molar-refractivity contribution in [3.8, 4) is 6.07 Å². The van der Waals surface area contributed by atoms with Gasteiger partial charge in [0.1, 0.15) is 49.2 Å². The number of aromatic nitrogens is 7. The summed E-state index contributed by atoms with van der Waals surface area (Å²) >= 11 is 4.28. The van der Waals surface area contributed by atoms with E-state index in [1.807, 2.05) is 13.0 Å². The SMILES string of the molecule is Cc1nc(CCc2cc(I)nc(CCc3ncncn3)n2)nc(I)c1C#N. The molecule has 0 saturated carbocycles. The largest absolute Gasteiger partial charge is 0.238 e. The van der Waals surface area contributed by atoms with Crippen LogP contribution in [0.4, 0.5) is 0 Å². The van der Waals surface area contributed by atoms with E-state index in [-0.39, 0.29) is 0 Å². The van der Waals surface area contributed by atoms with Crippen LogP contribution < -0.4 is 0 Å². The van der Waals surface area contributed by atoms with E-state index in [4.69, 9.17) is 5.26 Å². The van der Waals surface area contributed by atoms with Gasteiger partial charge in [0.05, 0.1) is 5.69 Å². The lowest BCUT2D eigenvalue weighted by molar-refractivity contribution is 0.759. The Bertz CT molecular complexity index is 965. The minimum atomic E-state index is 0.538. The monoisotopic (exact) mass is 584 g/mol. The van der Waals surface area contributed by atoms with Crippen LogP contribution in [0.5, 0.6) is 0 Å². The molecule has 0 aliphatic rings. The fourth-order valence-corrected chi connectivity index (χ4v) is 3.87. The predicted molar refractivity (Wildman–Crippen MR) is 114 cm³/mol. The second-order valence-electron chi connectivity index (χ2n) is 5.66. The van der Waals surface area contributed by atoms with Crippen LogP contribution >= 0.6 is 45.2 Å². The molecule has 0 saturated heterocycles. The maximum atomic E-state index is 9.13. The third-order valence-electron chi connectivity index (χ3n) is 3.72. The van der Waals surface area contributed by atoms with Crippen molar-refractivity contribution in [1.29, 1.82) is 5.26 Å². The van der Waals surface area contributed by atoms with Gasteiger partial charge in [-0.2, -0.15) is 5.26 Å². The topological polar surface area (TPSA) is 114 Å². The Kier molecular flexibility index (Phi) is 6.89. The number of nitriles is 1. The predicted octanol–water partition coefficient (Wildman–Crippen LogP) is 2.41. The minimum Gasteiger partial charge on any atom is -0.238 e. The van der Waals surface area contributed by atoms with Crippen LogP contribution in [-0.2, 0) is 25.7 Å². The second kappa shape index (κ2) is 9.36. The highest BCUT2D eigenvalue weighted by atomic mass is 127. The molecule has 0 N–H and O–H groups in total. The van der Waals surface area contributed by atoms with E-state index >= 15 is 0 Å². The fraction of sp³-hybridized carbons (Fsp3) is 0.294. The van der Waals surface area contributed by atoms with Gasteiger partial charge in [-0.25, -0.2) is 34.9 Å². The van der Waals surface area contributed by atoms with E-state index in [1.54, 1.807) is 0 Å². The van der Waals surface area contributed by atoms with Gasteiger partial charge in [-0.1, -0.05) is 0 Å². The van der Waals surface area contributed by atoms with Crippen molar-refractivity contribution in [2.75, 3.05) is 0 Å². The van der Waals surface area contributed by atoms with Crippen molar-refractivity contribution in [1.82, 2.24) is 34.9 Å². The lowest BCUT2D eigenvalue weighted by atomic mass is 10.2. The van der Waals surface area contributed by atoms with Gasteiger partial charge in [-0.05, 0) is 64.6 Å². The molecule has 0 amide bonds. The van der Waals surface area contributed by atoms with Crippen molar-refractivity contribution in [2.45, 2.75) is 32.6 Å². The third kappa shape index (κ3) is 5.55. The molecule has 0 radical (unpaired) electrons. The molecule has 136 valence electrons. The number of aryl methyl sites for hydroxylation is 5. The van der Waals surface area contributed by atoms with Gasteiger partial charge < -0.3 is 0 Å². The summed E-state index contributed by atoms with van der Waals surface area (Å²) in [5, 5.41) is 9.13. The number of rotatable bonds is 6. The van der Waals surface area contributed by atoms with Crippen LogP contribution in [0.15, 0.2) is 18.7 Å². The van der Waals surface area contributed by atoms with Gasteiger partial charge in [0.15, 0.2) is 0 Å². The fourth-order valence-electron chi connectivity index (χ4n) is 2.44. The average molecular weight is 584 g/mol. The molecule has 10 heteroatoms. The number of halogens is 2. The van der Waals surface area contributed by atoms with E-state index < -0.39 is 0 Å². The first-order valence-electron chi connectivity index (χ1n) is 8.11. The Morgan fingerprint density at radius 2 is 1.56 bits per heavy atom. The summed E-state index contributed by atoms with van der Waals surface area (Å²) in [6, 6.07) is 4.11. The Hall–Kier alpha value is -1.88. The standard InChI is InChI=1S/C17H14I2N8/c1-10-12(7-20)17(19)27-15(24-10)3-2-11-6-13(18)26-16(25-11)5-4-14-22-8-21-9-23-14/h6,8-9H,2-5H2,1H3. The van der Waals surface area contributed by atoms with Gasteiger partial charge in [-0.3, -0.25) is 0 Å². The molecule has 3 rings (SSSR count). The highest BCUT2D eigenvalue weighted by Crippen LogP contribution is 2.14. The van der Waals surface area contributed by atoms with Gasteiger partial charge in [-0.15, -0.1) is 0 Å². The number of hydrogen-bond donors (Lipinski definition) is 0. The highest BCUT2D eigenvalue weighted by Gasteiger charge is 2.10. The van der Waals surface area contributed by atoms with Gasteiger partial charge >= 0.3 is 0 Å². The first-order chi connectivity index (χ1) is 13.0. The zero-order valence-corrected chi connectivity index (χ0v) is 18.7. The Balaban J connectivity index is 1.69. The molecule has 0 bridgehead atoms. The number of hydrogen-bond acceptors (Lipinski definition) is 8. The van der Waals surface area contributed by atoms with Gasteiger partial charge in [0.25, 0.3) is 0 Å². The summed E-state index contributed by atoms with van der Waals surface area (Å²) in [6.07, 6.45) is 5.67. The Morgan fingerprint density at radius 3 is 2.26 bits per heavy atom. The molecule has 8 nitrogen and oxygen atoms in total. The molecule has 0 atom stereocenters. The normalized spacial score (nSPS) is 10.6. The van der Waals surface area contributed by atoms with Crippen LogP contribution in [0, 0.1) is 25.7 Å². The van der Waals surface area contributed by atoms with Crippen molar-refractivity contribution in [3.05, 3.63) is 60.5 Å². The highest BCUT2D eigenvalue weighted by molar-refractivity contribution is 14.1. The molecular formula is C17H14I2N8. The lowest BCUT2D eigenvalue weighted by Crippen LogP contribution is -2.08. The average Bonchev–Trinajstić information content (AvgIpc) is 2.65. The van der Waals surface area contributed by atoms with Crippen molar-refractivity contribution in [3.63, 3.8) is 0 Å². The first kappa shape index (κ1) is 19.9. The van der Waals surface area contributed by atoms with E-state index in [2.05, 4.69) is 86.1 Å². The van der Waals surface area contributed by atoms with Gasteiger partial charge in [0.2, 0.25) is 0 Å². The minimum absolute atomic E-state index is 0.538. The molecular weight excluding hydrogens is 570 g/mol. The summed E-state index contributed by atoms with van der Waals surface area (Å²) in [4.78, 5) is 30.1. The maximum absolute atomic E-state index is 9.13. The molecule has 0 aliphatic carbocycles. The van der Waals surface area contributed by atoms with Crippen molar-refractivity contribution >= 4 is 45.2 Å². The van der Waals surface area contributed by atoms with Crippen LogP contribution in [0.2, 0.25) is 0 Å². The molecule has 3 aromatic rings. The van der Waals surface area contributed by atoms with E-state index in [0.29, 0.717) is 40.6 Å². The number of nitrogens with zero attached hydrogens (tertiary/aromatic N) is 8. The zero-order valence-electron chi connectivity index (χ0n) is 14.4. The van der Waals surface area contributed by atoms with Crippen LogP contribution in [-0.4, -0.2) is 34.9 Å². The van der Waals surface area contributed by atoms with E-state index in [1.165, 1.54) is 12.7 Å². The van der Waals surface area contributed by atoms with Crippen molar-refractivity contribution < 1.29 is 0 Å². The van der Waals surface area contributed by atoms with Crippen molar-refractivity contribution in [2.24, 2.45) is 0 Å². The lowest BCUT2D eigenvalue weighted by Gasteiger charge is -2.07. The molecule has 3 heterocycles. The summed E-state index contributed by atoms with van der Waals surface area (Å²) in [5.41, 5.74) is 2.19. The summed E-state index contributed by atoms with van der Waals surface area (Å²) < 4.78 is 1.59. The summed E-state index contributed by atoms with van der Waals surface area (Å²) in [6.45, 7) is 1.83. The zero-order chi connectivity index (χ0) is 19.2. The van der Waals surface area contributed by atoms with Crippen LogP contribution in [0.1, 0.15) is 34.4 Å². The Morgan fingerprint density at radius 1 is 0.889 bits per heavy atom. The quantitative estimate of drug-likeness (QED) is 0.321. The summed E-state index contributed by atoms with van der Waals surface area (Å²) in [7, 11) is 0. The van der Waals surface area contributed by atoms with Crippen LogP contribution in [0.3, 0.4) is 0 Å². The first-order valence-corrected chi connectivity index (χ1v) is 10.3. The van der Waals surface area contributed by atoms with E-state index in [0.717, 1.165) is 26.9 Å². The molecule has 0 aliphatic heterocycles. The molecule has 0 spiro atoms. The summed E-state index contributed by atoms with van der Waals surface area (Å²) in [5.74, 6) is 2.21. The third-order valence-corrected chi connectivity index (χ3v) is 5.06. The van der Waals surface area contributed by atoms with Crippen LogP contribution in [0.25, 0.3) is 0 Å².